The molecule has 0 spiro atoms. The summed E-state index contributed by atoms with van der Waals surface area (Å²) in [4.78, 5) is 4.06. The molecule has 4 heteroatoms. The van der Waals surface area contributed by atoms with E-state index < -0.39 is 0 Å². The minimum absolute atomic E-state index is 0. The van der Waals surface area contributed by atoms with Crippen LogP contribution in [0.2, 0.25) is 5.15 Å². The lowest BCUT2D eigenvalue weighted by atomic mass is 10.2. The summed E-state index contributed by atoms with van der Waals surface area (Å²) in [6, 6.07) is 4.67. The molecule has 1 heterocycles. The molecule has 0 radical (unpaired) electrons. The number of nitrogens with zero attached hydrogens (tertiary/aromatic N) is 1. The van der Waals surface area contributed by atoms with E-state index in [1.54, 1.807) is 6.20 Å². The van der Waals surface area contributed by atoms with Crippen molar-refractivity contribution in [3.8, 4) is 0 Å². The van der Waals surface area contributed by atoms with Crippen molar-refractivity contribution < 1.29 is 0 Å². The van der Waals surface area contributed by atoms with Gasteiger partial charge in [0.05, 0.1) is 0 Å². The lowest BCUT2D eigenvalue weighted by molar-refractivity contribution is 0.599. The van der Waals surface area contributed by atoms with Crippen LogP contribution in [0.1, 0.15) is 31.7 Å². The Kier molecular flexibility index (Phi) is 5.53. The van der Waals surface area contributed by atoms with Gasteiger partial charge in [0.25, 0.3) is 0 Å². The van der Waals surface area contributed by atoms with Crippen LogP contribution in [0.3, 0.4) is 0 Å². The summed E-state index contributed by atoms with van der Waals surface area (Å²) < 4.78 is 0. The molecule has 2 atom stereocenters. The van der Waals surface area contributed by atoms with E-state index in [0.29, 0.717) is 11.2 Å². The molecule has 1 aliphatic carbocycles. The van der Waals surface area contributed by atoms with Crippen molar-refractivity contribution in [3.63, 3.8) is 0 Å². The van der Waals surface area contributed by atoms with Crippen molar-refractivity contribution in [2.75, 3.05) is 0 Å². The molecule has 0 aromatic carbocycles. The summed E-state index contributed by atoms with van der Waals surface area (Å²) in [7, 11) is 0. The zero-order chi connectivity index (χ0) is 10.7. The maximum atomic E-state index is 5.97. The lowest BCUT2D eigenvalue weighted by Crippen LogP contribution is -2.17. The normalized spacial score (nSPS) is 22.6. The molecule has 2 nitrogen and oxygen atoms in total. The smallest absolute Gasteiger partial charge is 0.133 e. The molecule has 2 unspecified atom stereocenters. The summed E-state index contributed by atoms with van der Waals surface area (Å²) in [6.07, 6.45) is 5.68. The van der Waals surface area contributed by atoms with Crippen LogP contribution in [0.15, 0.2) is 18.3 Å². The topological polar surface area (TPSA) is 24.9 Å². The molecule has 0 saturated heterocycles. The fraction of sp³-hybridized carbons (Fsp3) is 0.583. The highest BCUT2D eigenvalue weighted by Crippen LogP contribution is 2.34. The van der Waals surface area contributed by atoms with E-state index in [0.717, 1.165) is 18.0 Å². The van der Waals surface area contributed by atoms with E-state index in [4.69, 9.17) is 11.6 Å². The third kappa shape index (κ3) is 3.62. The van der Waals surface area contributed by atoms with Crippen molar-refractivity contribution in [3.05, 3.63) is 29.0 Å². The first kappa shape index (κ1) is 13.8. The largest absolute Gasteiger partial charge is 0.310 e. The predicted octanol–water partition coefficient (Wildman–Crippen LogP) is 3.44. The number of nitrogens with one attached hydrogen (secondary N) is 1. The standard InChI is InChI=1S/C12H17ClN2.ClH/c1-2-4-9-7-11(9)15-8-10-5-3-6-14-12(10)13;/h3,5-6,9,11,15H,2,4,7-8H2,1H3;1H. The van der Waals surface area contributed by atoms with Crippen molar-refractivity contribution in [2.24, 2.45) is 5.92 Å². The van der Waals surface area contributed by atoms with Gasteiger partial charge < -0.3 is 5.32 Å². The van der Waals surface area contributed by atoms with E-state index in [2.05, 4.69) is 17.2 Å². The highest BCUT2D eigenvalue weighted by atomic mass is 35.5. The summed E-state index contributed by atoms with van der Waals surface area (Å²) in [5.74, 6) is 0.894. The average Bonchev–Trinajstić information content (AvgIpc) is 2.96. The highest BCUT2D eigenvalue weighted by Gasteiger charge is 2.35. The summed E-state index contributed by atoms with van der Waals surface area (Å²) >= 11 is 5.97. The molecule has 0 aliphatic heterocycles. The second kappa shape index (κ2) is 6.43. The van der Waals surface area contributed by atoms with Gasteiger partial charge in [-0.2, -0.15) is 0 Å². The number of pyridine rings is 1. The molecule has 1 fully saturated rings. The van der Waals surface area contributed by atoms with Gasteiger partial charge in [0.2, 0.25) is 0 Å². The number of rotatable bonds is 5. The van der Waals surface area contributed by atoms with Crippen LogP contribution < -0.4 is 5.32 Å². The molecular weight excluding hydrogens is 243 g/mol. The Morgan fingerprint density at radius 1 is 1.56 bits per heavy atom. The van der Waals surface area contributed by atoms with Gasteiger partial charge in [-0.15, -0.1) is 12.4 Å². The third-order valence-electron chi connectivity index (χ3n) is 2.97. The van der Waals surface area contributed by atoms with Crippen LogP contribution >= 0.6 is 24.0 Å². The molecule has 1 aromatic rings. The van der Waals surface area contributed by atoms with Crippen LogP contribution in [0, 0.1) is 5.92 Å². The van der Waals surface area contributed by atoms with Crippen LogP contribution in [-0.4, -0.2) is 11.0 Å². The Morgan fingerprint density at radius 3 is 3.06 bits per heavy atom. The molecule has 90 valence electrons. The van der Waals surface area contributed by atoms with Crippen molar-refractivity contribution in [1.29, 1.82) is 0 Å². The molecule has 16 heavy (non-hydrogen) atoms. The molecule has 1 N–H and O–H groups in total. The van der Waals surface area contributed by atoms with Crippen molar-refractivity contribution >= 4 is 24.0 Å². The summed E-state index contributed by atoms with van der Waals surface area (Å²) in [5.41, 5.74) is 1.10. The molecule has 2 rings (SSSR count). The van der Waals surface area contributed by atoms with Crippen LogP contribution in [0.25, 0.3) is 0 Å². The minimum atomic E-state index is 0. The van der Waals surface area contributed by atoms with E-state index >= 15 is 0 Å². The Bertz CT molecular complexity index is 331. The van der Waals surface area contributed by atoms with E-state index in [-0.39, 0.29) is 12.4 Å². The predicted molar refractivity (Wildman–Crippen MR) is 70.1 cm³/mol. The fourth-order valence-electron chi connectivity index (χ4n) is 1.98. The van der Waals surface area contributed by atoms with Gasteiger partial charge in [-0.1, -0.05) is 31.0 Å². The summed E-state index contributed by atoms with van der Waals surface area (Å²) in [6.45, 7) is 3.09. The van der Waals surface area contributed by atoms with Gasteiger partial charge in [0.1, 0.15) is 5.15 Å². The molecule has 0 bridgehead atoms. The van der Waals surface area contributed by atoms with Crippen LogP contribution in [0.5, 0.6) is 0 Å². The van der Waals surface area contributed by atoms with Crippen molar-refractivity contribution in [2.45, 2.75) is 38.8 Å². The van der Waals surface area contributed by atoms with Gasteiger partial charge in [-0.05, 0) is 24.8 Å². The Labute approximate surface area is 108 Å². The second-order valence-electron chi connectivity index (χ2n) is 4.23. The Hall–Kier alpha value is -0.310. The first-order valence-corrected chi connectivity index (χ1v) is 6.02. The third-order valence-corrected chi connectivity index (χ3v) is 3.31. The Balaban J connectivity index is 0.00000128. The summed E-state index contributed by atoms with van der Waals surface area (Å²) in [5, 5.41) is 4.15. The maximum Gasteiger partial charge on any atom is 0.133 e. The molecule has 0 amide bonds. The van der Waals surface area contributed by atoms with E-state index in [9.17, 15) is 0 Å². The molecule has 1 saturated carbocycles. The molecule has 1 aliphatic rings. The number of hydrogen-bond acceptors (Lipinski definition) is 2. The number of halogens is 2. The Morgan fingerprint density at radius 2 is 2.38 bits per heavy atom. The quantitative estimate of drug-likeness (QED) is 0.821. The fourth-order valence-corrected chi connectivity index (χ4v) is 2.17. The first-order valence-electron chi connectivity index (χ1n) is 5.64. The van der Waals surface area contributed by atoms with E-state index in [1.807, 2.05) is 12.1 Å². The van der Waals surface area contributed by atoms with Gasteiger partial charge >= 0.3 is 0 Å². The zero-order valence-corrected chi connectivity index (χ0v) is 11.0. The second-order valence-corrected chi connectivity index (χ2v) is 4.58. The number of aromatic nitrogens is 1. The minimum Gasteiger partial charge on any atom is -0.310 e. The molecule has 1 aromatic heterocycles. The van der Waals surface area contributed by atoms with Crippen LogP contribution in [0.4, 0.5) is 0 Å². The van der Waals surface area contributed by atoms with Crippen LogP contribution in [-0.2, 0) is 6.54 Å². The highest BCUT2D eigenvalue weighted by molar-refractivity contribution is 6.30. The van der Waals surface area contributed by atoms with E-state index in [1.165, 1.54) is 19.3 Å². The average molecular weight is 261 g/mol. The lowest BCUT2D eigenvalue weighted by Gasteiger charge is -2.05. The monoisotopic (exact) mass is 260 g/mol. The zero-order valence-electron chi connectivity index (χ0n) is 9.45. The first-order chi connectivity index (χ1) is 7.31. The van der Waals surface area contributed by atoms with Gasteiger partial charge in [0, 0.05) is 24.3 Å². The van der Waals surface area contributed by atoms with Crippen molar-refractivity contribution in [1.82, 2.24) is 10.3 Å². The number of hydrogen-bond donors (Lipinski definition) is 1. The SMILES string of the molecule is CCCC1CC1NCc1cccnc1Cl.Cl. The van der Waals surface area contributed by atoms with Gasteiger partial charge in [-0.3, -0.25) is 0 Å². The van der Waals surface area contributed by atoms with Gasteiger partial charge in [-0.25, -0.2) is 4.98 Å². The van der Waals surface area contributed by atoms with Gasteiger partial charge in [0.15, 0.2) is 0 Å². The molecular formula is C12H18Cl2N2. The maximum absolute atomic E-state index is 5.97.